The summed E-state index contributed by atoms with van der Waals surface area (Å²) in [6, 6.07) is 10.1. The largest absolute Gasteiger partial charge is 0.508 e. The lowest BCUT2D eigenvalue weighted by atomic mass is 9.97. The molecule has 0 bridgehead atoms. The van der Waals surface area contributed by atoms with Crippen molar-refractivity contribution in [3.05, 3.63) is 77.4 Å². The number of nitrogens with one attached hydrogen (secondary N) is 2. The van der Waals surface area contributed by atoms with Gasteiger partial charge < -0.3 is 25.4 Å². The van der Waals surface area contributed by atoms with Crippen LogP contribution in [-0.4, -0.2) is 52.6 Å². The molecule has 3 amide bonds. The molecule has 0 spiro atoms. The van der Waals surface area contributed by atoms with Crippen LogP contribution in [0.15, 0.2) is 55.1 Å². The highest BCUT2D eigenvalue weighted by Crippen LogP contribution is 2.26. The van der Waals surface area contributed by atoms with Gasteiger partial charge in [-0.1, -0.05) is 49.8 Å². The van der Waals surface area contributed by atoms with Crippen LogP contribution in [0.1, 0.15) is 68.8 Å². The maximum atomic E-state index is 14.2. The van der Waals surface area contributed by atoms with E-state index in [1.807, 2.05) is 39.0 Å². The van der Waals surface area contributed by atoms with Crippen LogP contribution in [0, 0.1) is 13.8 Å². The van der Waals surface area contributed by atoms with Crippen LogP contribution in [0.5, 0.6) is 5.75 Å². The fourth-order valence-electron chi connectivity index (χ4n) is 4.07. The first-order valence-corrected chi connectivity index (χ1v) is 13.4. The lowest BCUT2D eigenvalue weighted by Gasteiger charge is -2.34. The van der Waals surface area contributed by atoms with Gasteiger partial charge in [0.1, 0.15) is 23.4 Å². The number of aryl methyl sites for hydroxylation is 2. The van der Waals surface area contributed by atoms with Crippen LogP contribution in [-0.2, 0) is 20.7 Å². The molecule has 2 rings (SSSR count). The molecule has 0 fully saturated rings. The molecular formula is C31H43N3O5. The maximum absolute atomic E-state index is 14.2. The predicted octanol–water partition coefficient (Wildman–Crippen LogP) is 5.12. The summed E-state index contributed by atoms with van der Waals surface area (Å²) in [4.78, 5) is 42.0. The smallest absolute Gasteiger partial charge is 0.408 e. The van der Waals surface area contributed by atoms with E-state index in [4.69, 9.17) is 4.74 Å². The molecule has 3 N–H and O–H groups in total. The van der Waals surface area contributed by atoms with Gasteiger partial charge >= 0.3 is 6.09 Å². The Hall–Kier alpha value is -3.81. The molecule has 2 aromatic carbocycles. The molecular weight excluding hydrogens is 494 g/mol. The van der Waals surface area contributed by atoms with E-state index in [9.17, 15) is 19.5 Å². The fraction of sp³-hybridized carbons (Fsp3) is 0.452. The van der Waals surface area contributed by atoms with Crippen molar-refractivity contribution in [3.63, 3.8) is 0 Å². The summed E-state index contributed by atoms with van der Waals surface area (Å²) in [5.41, 5.74) is 2.69. The fourth-order valence-corrected chi connectivity index (χ4v) is 4.07. The van der Waals surface area contributed by atoms with Gasteiger partial charge in [0.25, 0.3) is 0 Å². The Kier molecular flexibility index (Phi) is 11.6. The number of alkyl carbamates (subject to hydrolysis) is 1. The zero-order valence-electron chi connectivity index (χ0n) is 24.0. The molecule has 0 aliphatic carbocycles. The van der Waals surface area contributed by atoms with E-state index in [0.29, 0.717) is 12.1 Å². The minimum absolute atomic E-state index is 0.0830. The third-order valence-corrected chi connectivity index (χ3v) is 6.21. The average molecular weight is 538 g/mol. The Balaban J connectivity index is 2.53. The standard InChI is InChI=1S/C31H43N3O5/c1-8-10-17-32-28(36)27(24-14-11-21(3)22(4)19-24)34(18-9-2)29(37)26(33-30(38)39-31(5,6)7)20-23-12-15-25(35)16-13-23/h9,11-16,19,26-27,35H,2,8,10,17-18,20H2,1,3-7H3,(H,32,36)(H,33,38). The third kappa shape index (κ3) is 9.78. The average Bonchev–Trinajstić information content (AvgIpc) is 2.85. The number of hydrogen-bond donors (Lipinski definition) is 3. The molecule has 0 heterocycles. The molecule has 8 heteroatoms. The highest BCUT2D eigenvalue weighted by Gasteiger charge is 2.36. The summed E-state index contributed by atoms with van der Waals surface area (Å²) in [5.74, 6) is -0.668. The lowest BCUT2D eigenvalue weighted by Crippen LogP contribution is -2.54. The molecule has 212 valence electrons. The Labute approximate surface area is 232 Å². The van der Waals surface area contributed by atoms with Gasteiger partial charge in [-0.15, -0.1) is 6.58 Å². The first-order chi connectivity index (χ1) is 18.4. The highest BCUT2D eigenvalue weighted by molar-refractivity contribution is 5.92. The Morgan fingerprint density at radius 1 is 1.08 bits per heavy atom. The van der Waals surface area contributed by atoms with Gasteiger partial charge in [0, 0.05) is 19.5 Å². The van der Waals surface area contributed by atoms with E-state index < -0.39 is 29.7 Å². The van der Waals surface area contributed by atoms with Gasteiger partial charge in [0.15, 0.2) is 0 Å². The summed E-state index contributed by atoms with van der Waals surface area (Å²) in [6.45, 7) is 15.6. The van der Waals surface area contributed by atoms with E-state index in [-0.39, 0.29) is 24.6 Å². The first kappa shape index (κ1) is 31.4. The highest BCUT2D eigenvalue weighted by atomic mass is 16.6. The zero-order valence-corrected chi connectivity index (χ0v) is 24.0. The third-order valence-electron chi connectivity index (χ3n) is 6.21. The number of aromatic hydroxyl groups is 1. The molecule has 2 atom stereocenters. The second-order valence-corrected chi connectivity index (χ2v) is 10.7. The van der Waals surface area contributed by atoms with Gasteiger partial charge in [0.05, 0.1) is 0 Å². The van der Waals surface area contributed by atoms with Crippen LogP contribution in [0.25, 0.3) is 0 Å². The molecule has 0 aliphatic rings. The first-order valence-electron chi connectivity index (χ1n) is 13.4. The van der Waals surface area contributed by atoms with Crippen LogP contribution in [0.4, 0.5) is 4.79 Å². The Bertz CT molecular complexity index is 1140. The molecule has 2 aromatic rings. The number of carbonyl (C=O) groups is 3. The molecule has 0 saturated carbocycles. The number of amides is 3. The molecule has 2 unspecified atom stereocenters. The molecule has 0 saturated heterocycles. The number of unbranched alkanes of at least 4 members (excludes halogenated alkanes) is 1. The number of rotatable bonds is 12. The van der Waals surface area contributed by atoms with Gasteiger partial charge in [-0.25, -0.2) is 4.79 Å². The summed E-state index contributed by atoms with van der Waals surface area (Å²) < 4.78 is 5.44. The topological polar surface area (TPSA) is 108 Å². The lowest BCUT2D eigenvalue weighted by molar-refractivity contribution is -0.141. The van der Waals surface area contributed by atoms with Crippen molar-refractivity contribution in [1.29, 1.82) is 0 Å². The van der Waals surface area contributed by atoms with E-state index in [1.54, 1.807) is 39.0 Å². The van der Waals surface area contributed by atoms with Gasteiger partial charge in [-0.2, -0.15) is 0 Å². The second-order valence-electron chi connectivity index (χ2n) is 10.7. The summed E-state index contributed by atoms with van der Waals surface area (Å²) >= 11 is 0. The second kappa shape index (κ2) is 14.4. The van der Waals surface area contributed by atoms with E-state index >= 15 is 0 Å². The Morgan fingerprint density at radius 3 is 2.31 bits per heavy atom. The van der Waals surface area contributed by atoms with E-state index in [2.05, 4.69) is 17.2 Å². The number of phenolic OH excluding ortho intramolecular Hbond substituents is 1. The van der Waals surface area contributed by atoms with Crippen LogP contribution >= 0.6 is 0 Å². The number of hydrogen-bond acceptors (Lipinski definition) is 5. The van der Waals surface area contributed by atoms with Crippen LogP contribution in [0.2, 0.25) is 0 Å². The van der Waals surface area contributed by atoms with Gasteiger partial charge in [-0.05, 0) is 75.4 Å². The van der Waals surface area contributed by atoms with Crippen molar-refractivity contribution in [2.75, 3.05) is 13.1 Å². The van der Waals surface area contributed by atoms with Crippen LogP contribution < -0.4 is 10.6 Å². The molecule has 0 aliphatic heterocycles. The summed E-state index contributed by atoms with van der Waals surface area (Å²) in [5, 5.41) is 15.4. The SMILES string of the molecule is C=CCN(C(=O)C(Cc1ccc(O)cc1)NC(=O)OC(C)(C)C)C(C(=O)NCCCC)c1ccc(C)c(C)c1. The summed E-state index contributed by atoms with van der Waals surface area (Å²) in [6.07, 6.45) is 2.68. The monoisotopic (exact) mass is 537 g/mol. The van der Waals surface area contributed by atoms with Crippen molar-refractivity contribution < 1.29 is 24.2 Å². The number of ether oxygens (including phenoxy) is 1. The maximum Gasteiger partial charge on any atom is 0.408 e. The number of carbonyl (C=O) groups excluding carboxylic acids is 3. The molecule has 39 heavy (non-hydrogen) atoms. The van der Waals surface area contributed by atoms with Crippen molar-refractivity contribution in [1.82, 2.24) is 15.5 Å². The summed E-state index contributed by atoms with van der Waals surface area (Å²) in [7, 11) is 0. The number of benzene rings is 2. The molecule has 0 aromatic heterocycles. The van der Waals surface area contributed by atoms with Gasteiger partial charge in [0.2, 0.25) is 11.8 Å². The van der Waals surface area contributed by atoms with E-state index in [0.717, 1.165) is 29.5 Å². The van der Waals surface area contributed by atoms with Gasteiger partial charge in [-0.3, -0.25) is 9.59 Å². The van der Waals surface area contributed by atoms with Crippen molar-refractivity contribution in [2.24, 2.45) is 0 Å². The normalized spacial score (nSPS) is 12.7. The van der Waals surface area contributed by atoms with Crippen molar-refractivity contribution in [2.45, 2.75) is 78.5 Å². The van der Waals surface area contributed by atoms with E-state index in [1.165, 1.54) is 17.0 Å². The number of phenols is 1. The minimum Gasteiger partial charge on any atom is -0.508 e. The predicted molar refractivity (Wildman–Crippen MR) is 153 cm³/mol. The Morgan fingerprint density at radius 2 is 1.74 bits per heavy atom. The zero-order chi connectivity index (χ0) is 29.2. The van der Waals surface area contributed by atoms with Crippen molar-refractivity contribution >= 4 is 17.9 Å². The molecule has 8 nitrogen and oxygen atoms in total. The van der Waals surface area contributed by atoms with Crippen molar-refractivity contribution in [3.8, 4) is 5.75 Å². The quantitative estimate of drug-likeness (QED) is 0.257. The molecule has 0 radical (unpaired) electrons. The van der Waals surface area contributed by atoms with Crippen LogP contribution in [0.3, 0.4) is 0 Å². The minimum atomic E-state index is -1.04. The number of nitrogens with zero attached hydrogens (tertiary/aromatic N) is 1.